The predicted octanol–water partition coefficient (Wildman–Crippen LogP) is 1.90. The molecule has 0 bridgehead atoms. The molecule has 176 valence electrons. The summed E-state index contributed by atoms with van der Waals surface area (Å²) in [7, 11) is -3.24. The van der Waals surface area contributed by atoms with Crippen molar-refractivity contribution < 1.29 is 22.3 Å². The molecule has 0 aromatic carbocycles. The smallest absolute Gasteiger partial charge is 0.269 e. The number of aliphatic hydroxyl groups is 1. The van der Waals surface area contributed by atoms with Gasteiger partial charge in [-0.15, -0.1) is 0 Å². The molecule has 9 nitrogen and oxygen atoms in total. The highest BCUT2D eigenvalue weighted by atomic mass is 32.2. The zero-order valence-corrected chi connectivity index (χ0v) is 18.7. The van der Waals surface area contributed by atoms with Gasteiger partial charge in [-0.2, -0.15) is 4.98 Å². The van der Waals surface area contributed by atoms with E-state index < -0.39 is 39.7 Å². The number of fused-ring (bicyclic) bond motifs is 1. The summed E-state index contributed by atoms with van der Waals surface area (Å²) in [5.41, 5.74) is -1.16. The lowest BCUT2D eigenvalue weighted by atomic mass is 10.0. The van der Waals surface area contributed by atoms with Crippen molar-refractivity contribution in [2.24, 2.45) is 5.92 Å². The van der Waals surface area contributed by atoms with Crippen LogP contribution in [0.5, 0.6) is 0 Å². The molecule has 2 aliphatic rings. The second-order valence-electron chi connectivity index (χ2n) is 8.70. The maximum atomic E-state index is 13.5. The maximum absolute atomic E-state index is 13.5. The fraction of sp³-hybridized carbons (Fsp3) is 0.650. The van der Waals surface area contributed by atoms with E-state index in [0.717, 1.165) is 6.07 Å². The van der Waals surface area contributed by atoms with E-state index in [0.29, 0.717) is 44.2 Å². The molecule has 1 saturated heterocycles. The van der Waals surface area contributed by atoms with Crippen molar-refractivity contribution in [1.29, 1.82) is 0 Å². The van der Waals surface area contributed by atoms with Gasteiger partial charge in [-0.1, -0.05) is 6.92 Å². The number of nitrogens with one attached hydrogen (secondary N) is 1. The lowest BCUT2D eigenvalue weighted by Gasteiger charge is -2.30. The fourth-order valence-electron chi connectivity index (χ4n) is 4.68. The summed E-state index contributed by atoms with van der Waals surface area (Å²) in [6.07, 6.45) is 1.15. The van der Waals surface area contributed by atoms with E-state index in [-0.39, 0.29) is 23.6 Å². The molecule has 2 fully saturated rings. The summed E-state index contributed by atoms with van der Waals surface area (Å²) >= 11 is 0. The lowest BCUT2D eigenvalue weighted by Crippen LogP contribution is -2.42. The van der Waals surface area contributed by atoms with Crippen LogP contribution in [0.3, 0.4) is 0 Å². The predicted molar refractivity (Wildman–Crippen MR) is 115 cm³/mol. The molecule has 4 rings (SSSR count). The number of nitrogens with zero attached hydrogens (tertiary/aromatic N) is 4. The third-order valence-corrected chi connectivity index (χ3v) is 7.90. The number of hydrogen-bond donors (Lipinski definition) is 2. The molecule has 3 heterocycles. The zero-order valence-electron chi connectivity index (χ0n) is 17.9. The highest BCUT2D eigenvalue weighted by Gasteiger charge is 2.35. The lowest BCUT2D eigenvalue weighted by molar-refractivity contribution is 0.127. The van der Waals surface area contributed by atoms with Crippen LogP contribution in [-0.2, 0) is 10.0 Å². The molecule has 3 atom stereocenters. The Kier molecular flexibility index (Phi) is 6.21. The van der Waals surface area contributed by atoms with Crippen LogP contribution in [0.15, 0.2) is 17.1 Å². The summed E-state index contributed by atoms with van der Waals surface area (Å²) in [5.74, 6) is -0.0324. The highest BCUT2D eigenvalue weighted by Crippen LogP contribution is 2.37. The number of alkyl halides is 2. The molecule has 12 heteroatoms. The molecule has 2 aromatic rings. The van der Waals surface area contributed by atoms with E-state index >= 15 is 0 Å². The Morgan fingerprint density at radius 2 is 1.91 bits per heavy atom. The number of rotatable bonds is 5. The van der Waals surface area contributed by atoms with Gasteiger partial charge in [0.1, 0.15) is 5.65 Å². The van der Waals surface area contributed by atoms with Crippen LogP contribution in [0.2, 0.25) is 0 Å². The maximum Gasteiger partial charge on any atom is 0.269 e. The molecule has 0 amide bonds. The molecule has 1 saturated carbocycles. The molecule has 0 spiro atoms. The largest absolute Gasteiger partial charge is 0.393 e. The first kappa shape index (κ1) is 23.0. The molecular formula is C20H27F2N5O4S. The van der Waals surface area contributed by atoms with Crippen LogP contribution in [0.1, 0.15) is 50.6 Å². The monoisotopic (exact) mass is 471 g/mol. The Labute approximate surface area is 184 Å². The first-order valence-corrected chi connectivity index (χ1v) is 12.5. The Bertz CT molecular complexity index is 1160. The van der Waals surface area contributed by atoms with E-state index in [2.05, 4.69) is 15.3 Å². The number of aromatic nitrogens is 3. The number of hydrogen-bond acceptors (Lipinski definition) is 7. The summed E-state index contributed by atoms with van der Waals surface area (Å²) < 4.78 is 53.2. The summed E-state index contributed by atoms with van der Waals surface area (Å²) in [6.45, 7) is 2.56. The van der Waals surface area contributed by atoms with Crippen molar-refractivity contribution in [3.8, 4) is 0 Å². The minimum atomic E-state index is -3.24. The Morgan fingerprint density at radius 3 is 2.47 bits per heavy atom. The third kappa shape index (κ3) is 4.35. The van der Waals surface area contributed by atoms with Gasteiger partial charge in [0, 0.05) is 42.7 Å². The van der Waals surface area contributed by atoms with Crippen molar-refractivity contribution in [2.45, 2.75) is 57.2 Å². The van der Waals surface area contributed by atoms with Crippen molar-refractivity contribution in [2.75, 3.05) is 24.7 Å². The van der Waals surface area contributed by atoms with Crippen LogP contribution >= 0.6 is 0 Å². The number of sulfonamides is 1. The van der Waals surface area contributed by atoms with Gasteiger partial charge in [0.2, 0.25) is 16.0 Å². The average molecular weight is 472 g/mol. The molecule has 32 heavy (non-hydrogen) atoms. The Morgan fingerprint density at radius 1 is 1.22 bits per heavy atom. The van der Waals surface area contributed by atoms with E-state index in [1.807, 2.05) is 0 Å². The number of pyridine rings is 1. The Balaban J connectivity index is 1.68. The first-order valence-electron chi connectivity index (χ1n) is 10.7. The molecular weight excluding hydrogens is 444 g/mol. The van der Waals surface area contributed by atoms with Crippen molar-refractivity contribution in [3.63, 3.8) is 0 Å². The number of anilines is 1. The van der Waals surface area contributed by atoms with Crippen molar-refractivity contribution in [1.82, 2.24) is 18.8 Å². The summed E-state index contributed by atoms with van der Waals surface area (Å²) in [6, 6.07) is 0.626. The van der Waals surface area contributed by atoms with Crippen molar-refractivity contribution in [3.05, 3.63) is 28.2 Å². The molecule has 0 unspecified atom stereocenters. The van der Waals surface area contributed by atoms with Gasteiger partial charge in [-0.05, 0) is 31.7 Å². The second kappa shape index (κ2) is 8.64. The van der Waals surface area contributed by atoms with Crippen LogP contribution in [0.25, 0.3) is 11.0 Å². The highest BCUT2D eigenvalue weighted by molar-refractivity contribution is 7.88. The van der Waals surface area contributed by atoms with E-state index in [1.54, 1.807) is 6.92 Å². The number of aliphatic hydroxyl groups excluding tert-OH is 1. The van der Waals surface area contributed by atoms with E-state index in [4.69, 9.17) is 0 Å². The molecule has 0 radical (unpaired) electrons. The van der Waals surface area contributed by atoms with Gasteiger partial charge in [-0.3, -0.25) is 9.36 Å². The van der Waals surface area contributed by atoms with E-state index in [1.165, 1.54) is 21.3 Å². The van der Waals surface area contributed by atoms with Crippen LogP contribution < -0.4 is 10.9 Å². The Hall–Kier alpha value is -2.18. The van der Waals surface area contributed by atoms with E-state index in [9.17, 15) is 27.1 Å². The van der Waals surface area contributed by atoms with Crippen molar-refractivity contribution >= 4 is 27.0 Å². The molecule has 2 aromatic heterocycles. The standard InChI is InChI=1S/C20H27F2N5O4S/c1-11-15(3-4-16(11)28)27-18-12(9-14(17(21)22)19(27)29)10-23-20(25-18)24-13-5-7-26(8-6-13)32(2,30)31/h9-11,13,15-17,28H,3-8H2,1-2H3,(H,23,24,25)/t11-,15-,16-/m0/s1. The number of halogens is 2. The fourth-order valence-corrected chi connectivity index (χ4v) is 5.55. The third-order valence-electron chi connectivity index (χ3n) is 6.60. The second-order valence-corrected chi connectivity index (χ2v) is 10.7. The van der Waals surface area contributed by atoms with Gasteiger partial charge in [0.25, 0.3) is 12.0 Å². The minimum absolute atomic E-state index is 0.0572. The topological polar surface area (TPSA) is 117 Å². The molecule has 1 aliphatic carbocycles. The van der Waals surface area contributed by atoms with Gasteiger partial charge < -0.3 is 10.4 Å². The molecule has 2 N–H and O–H groups in total. The van der Waals surface area contributed by atoms with Gasteiger partial charge in [0.15, 0.2) is 0 Å². The minimum Gasteiger partial charge on any atom is -0.393 e. The van der Waals surface area contributed by atoms with Gasteiger partial charge in [0.05, 0.1) is 17.9 Å². The quantitative estimate of drug-likeness (QED) is 0.684. The van der Waals surface area contributed by atoms with Crippen LogP contribution in [0.4, 0.5) is 14.7 Å². The normalized spacial score (nSPS) is 25.6. The zero-order chi connectivity index (χ0) is 23.2. The van der Waals surface area contributed by atoms with Crippen LogP contribution in [-0.4, -0.2) is 63.9 Å². The average Bonchev–Trinajstić information content (AvgIpc) is 3.05. The number of piperidine rings is 1. The van der Waals surface area contributed by atoms with Gasteiger partial charge in [-0.25, -0.2) is 26.5 Å². The summed E-state index contributed by atoms with van der Waals surface area (Å²) in [5, 5.41) is 13.7. The first-order chi connectivity index (χ1) is 15.1. The summed E-state index contributed by atoms with van der Waals surface area (Å²) in [4.78, 5) is 21.7. The SMILES string of the molecule is C[C@@H]1[C@@H](O)CC[C@@H]1n1c(=O)c(C(F)F)cc2cnc(NC3CCN(S(C)(=O)=O)CC3)nc21. The van der Waals surface area contributed by atoms with Gasteiger partial charge >= 0.3 is 0 Å². The van der Waals surface area contributed by atoms with Crippen LogP contribution in [0, 0.1) is 5.92 Å². The molecule has 1 aliphatic heterocycles.